The summed E-state index contributed by atoms with van der Waals surface area (Å²) in [5.74, 6) is -1.46. The summed E-state index contributed by atoms with van der Waals surface area (Å²) in [5, 5.41) is 34.0. The molecule has 140 valence electrons. The number of nitro groups is 2. The first-order valence-electron chi connectivity index (χ1n) is 5.89. The molecule has 0 unspecified atom stereocenters. The number of carbonyl (C=O) groups is 1. The van der Waals surface area contributed by atoms with Gasteiger partial charge in [-0.05, 0) is 0 Å². The van der Waals surface area contributed by atoms with Gasteiger partial charge < -0.3 is 32.0 Å². The van der Waals surface area contributed by atoms with Crippen molar-refractivity contribution in [1.82, 2.24) is 10.6 Å². The zero-order valence-electron chi connectivity index (χ0n) is 11.9. The van der Waals surface area contributed by atoms with Gasteiger partial charge in [-0.1, -0.05) is 23.2 Å². The third-order valence-corrected chi connectivity index (χ3v) is 2.10. The second-order valence-corrected chi connectivity index (χ2v) is 5.22. The van der Waals surface area contributed by atoms with Crippen LogP contribution in [0.5, 0.6) is 0 Å². The van der Waals surface area contributed by atoms with Crippen molar-refractivity contribution in [2.24, 2.45) is 11.5 Å². The number of hydrogen-bond donors (Lipinski definition) is 4. The van der Waals surface area contributed by atoms with Crippen LogP contribution in [0.2, 0.25) is 0 Å². The van der Waals surface area contributed by atoms with Crippen molar-refractivity contribution in [1.29, 1.82) is 0 Å². The third kappa shape index (κ3) is 38.8. The molecule has 6 N–H and O–H groups in total. The molecule has 0 fully saturated rings. The van der Waals surface area contributed by atoms with E-state index in [0.717, 1.165) is 26.2 Å². The van der Waals surface area contributed by atoms with Crippen LogP contribution < -0.4 is 27.2 Å². The van der Waals surface area contributed by atoms with Crippen LogP contribution in [0.25, 0.3) is 0 Å². The molecule has 0 bridgehead atoms. The summed E-state index contributed by atoms with van der Waals surface area (Å²) in [7, 11) is 0. The molecule has 0 rings (SSSR count). The van der Waals surface area contributed by atoms with Crippen LogP contribution in [0.1, 0.15) is 0 Å². The van der Waals surface area contributed by atoms with Gasteiger partial charge in [-0.2, -0.15) is 0 Å². The Morgan fingerprint density at radius 2 is 1.30 bits per heavy atom. The average Bonchev–Trinajstić information content (AvgIpc) is 2.42. The SMILES string of the molecule is NCCNCCNCCN.O=C([O-])C(Cl)Cl.O=[N+]([O-])[Co+][N+](=O)[O-]. The Hall–Kier alpha value is -0.804. The van der Waals surface area contributed by atoms with E-state index in [2.05, 4.69) is 10.6 Å². The van der Waals surface area contributed by atoms with Gasteiger partial charge in [0.05, 0.1) is 5.97 Å². The Bertz CT molecular complexity index is 307. The van der Waals surface area contributed by atoms with Crippen molar-refractivity contribution in [3.8, 4) is 0 Å². The van der Waals surface area contributed by atoms with Crippen LogP contribution in [0.4, 0.5) is 0 Å². The predicted octanol–water partition coefficient (Wildman–Crippen LogP) is -2.92. The van der Waals surface area contributed by atoms with Crippen molar-refractivity contribution in [3.05, 3.63) is 20.2 Å². The molecular formula is C8H19Cl2CoN6O6. The maximum atomic E-state index is 9.32. The molecule has 15 heteroatoms. The second kappa shape index (κ2) is 21.2. The number of nitrogens with one attached hydrogen (secondary N) is 2. The molecule has 0 aromatic rings. The van der Waals surface area contributed by atoms with E-state index in [-0.39, 0.29) is 0 Å². The first-order chi connectivity index (χ1) is 10.7. The van der Waals surface area contributed by atoms with E-state index in [1.807, 2.05) is 0 Å². The summed E-state index contributed by atoms with van der Waals surface area (Å²) in [6.07, 6.45) is 0. The molecule has 0 aromatic carbocycles. The maximum absolute atomic E-state index is 9.32. The molecule has 0 spiro atoms. The Labute approximate surface area is 148 Å². The van der Waals surface area contributed by atoms with Crippen molar-refractivity contribution in [3.63, 3.8) is 0 Å². The Morgan fingerprint density at radius 1 is 1.00 bits per heavy atom. The van der Waals surface area contributed by atoms with Gasteiger partial charge in [0.2, 0.25) is 0 Å². The van der Waals surface area contributed by atoms with E-state index >= 15 is 0 Å². The molecule has 23 heavy (non-hydrogen) atoms. The number of aliphatic carboxylic acids is 1. The van der Waals surface area contributed by atoms with Crippen LogP contribution in [0.15, 0.2) is 0 Å². The topological polar surface area (TPSA) is 203 Å². The van der Waals surface area contributed by atoms with Crippen LogP contribution in [0.3, 0.4) is 0 Å². The Balaban J connectivity index is -0.000000272. The molecule has 0 aliphatic heterocycles. The molecule has 0 aliphatic carbocycles. The Kier molecular flexibility index (Phi) is 24.9. The van der Waals surface area contributed by atoms with Gasteiger partial charge in [0.25, 0.3) is 0 Å². The molecular weight excluding hydrogens is 406 g/mol. The summed E-state index contributed by atoms with van der Waals surface area (Å²) >= 11 is 8.48. The van der Waals surface area contributed by atoms with E-state index < -0.39 is 33.9 Å². The number of carboxylic acid groups (broad SMARTS) is 1. The van der Waals surface area contributed by atoms with Crippen molar-refractivity contribution in [2.75, 3.05) is 39.3 Å². The average molecular weight is 425 g/mol. The molecule has 0 aromatic heterocycles. The van der Waals surface area contributed by atoms with Gasteiger partial charge in [0.15, 0.2) is 0 Å². The normalized spacial score (nSPS) is 9.43. The minimum absolute atomic E-state index is 0.705. The van der Waals surface area contributed by atoms with Crippen molar-refractivity contribution < 1.29 is 33.0 Å². The summed E-state index contributed by atoms with van der Waals surface area (Å²) in [6.45, 7) is 5.14. The molecule has 0 saturated carbocycles. The number of carboxylic acids is 1. The first kappa shape index (κ1) is 27.1. The third-order valence-electron chi connectivity index (χ3n) is 1.41. The van der Waals surface area contributed by atoms with Crippen LogP contribution in [-0.2, 0) is 19.9 Å². The van der Waals surface area contributed by atoms with Crippen molar-refractivity contribution >= 4 is 29.2 Å². The predicted molar refractivity (Wildman–Crippen MR) is 78.3 cm³/mol. The van der Waals surface area contributed by atoms with E-state index in [1.54, 1.807) is 0 Å². The van der Waals surface area contributed by atoms with Gasteiger partial charge >= 0.3 is 43.3 Å². The molecule has 0 amide bonds. The van der Waals surface area contributed by atoms with Crippen LogP contribution >= 0.6 is 23.2 Å². The summed E-state index contributed by atoms with van der Waals surface area (Å²) in [5.41, 5.74) is 10.5. The molecule has 12 nitrogen and oxygen atoms in total. The zero-order valence-corrected chi connectivity index (χ0v) is 14.5. The number of nitrogens with zero attached hydrogens (tertiary/aromatic N) is 2. The van der Waals surface area contributed by atoms with Crippen LogP contribution in [-0.4, -0.2) is 58.0 Å². The van der Waals surface area contributed by atoms with Gasteiger partial charge in [-0.15, -0.1) is 0 Å². The number of hydrogen-bond acceptors (Lipinski definition) is 10. The fourth-order valence-corrected chi connectivity index (χ4v) is 0.814. The van der Waals surface area contributed by atoms with Gasteiger partial charge in [0, 0.05) is 39.3 Å². The van der Waals surface area contributed by atoms with Gasteiger partial charge in [-0.3, -0.25) is 0 Å². The fourth-order valence-electron chi connectivity index (χ4n) is 0.675. The molecule has 0 heterocycles. The molecule has 0 radical (unpaired) electrons. The van der Waals surface area contributed by atoms with Crippen molar-refractivity contribution in [2.45, 2.75) is 4.84 Å². The van der Waals surface area contributed by atoms with Gasteiger partial charge in [-0.25, -0.2) is 0 Å². The summed E-state index contributed by atoms with van der Waals surface area (Å²) in [4.78, 5) is 26.2. The fraction of sp³-hybridized carbons (Fsp3) is 0.875. The molecule has 0 saturated heterocycles. The number of carbonyl (C=O) groups excluding carboxylic acids is 1. The van der Waals surface area contributed by atoms with E-state index in [9.17, 15) is 9.90 Å². The second-order valence-electron chi connectivity index (χ2n) is 3.16. The summed E-state index contributed by atoms with van der Waals surface area (Å²) < 4.78 is -2.06. The molecule has 0 aliphatic rings. The standard InChI is InChI=1S/C6H18N4.C2H2Cl2O2.Co.2NO2/c7-1-3-9-5-6-10-4-2-8;3-1(4)2(5)6;;2*2-1-3/h9-10H,1-8H2;1H,(H,5,6);;;/q;;+1;;/p-1. The van der Waals surface area contributed by atoms with E-state index in [1.165, 1.54) is 0 Å². The monoisotopic (exact) mass is 424 g/mol. The zero-order chi connectivity index (χ0) is 18.7. The van der Waals surface area contributed by atoms with Crippen LogP contribution in [0, 0.1) is 20.2 Å². The van der Waals surface area contributed by atoms with Gasteiger partial charge in [0.1, 0.15) is 4.84 Å². The van der Waals surface area contributed by atoms with E-state index in [0.29, 0.717) is 13.1 Å². The Morgan fingerprint density at radius 3 is 1.43 bits per heavy atom. The van der Waals surface area contributed by atoms with E-state index in [4.69, 9.17) is 54.9 Å². The number of nitrogens with two attached hydrogens (primary N) is 2. The number of alkyl halides is 2. The summed E-state index contributed by atoms with van der Waals surface area (Å²) in [6, 6.07) is 0. The molecule has 0 atom stereocenters. The minimum atomic E-state index is -1.46. The number of rotatable bonds is 10. The number of halogens is 2. The quantitative estimate of drug-likeness (QED) is 0.121. The first-order valence-corrected chi connectivity index (χ1v) is 7.70.